The number of carbonyl (C=O) groups is 1. The van der Waals surface area contributed by atoms with Gasteiger partial charge < -0.3 is 4.57 Å². The maximum Gasteiger partial charge on any atom is 0.195 e. The van der Waals surface area contributed by atoms with Crippen molar-refractivity contribution >= 4 is 29.3 Å². The van der Waals surface area contributed by atoms with Gasteiger partial charge in [-0.15, -0.1) is 0 Å². The second-order valence-electron chi connectivity index (χ2n) is 5.81. The van der Waals surface area contributed by atoms with E-state index in [0.717, 1.165) is 40.6 Å². The molecule has 2 aromatic carbocycles. The van der Waals surface area contributed by atoms with Gasteiger partial charge in [0.1, 0.15) is 0 Å². The molecule has 0 N–H and O–H groups in total. The van der Waals surface area contributed by atoms with Crippen molar-refractivity contribution < 1.29 is 4.79 Å². The first-order chi connectivity index (χ1) is 11.1. The predicted octanol–water partition coefficient (Wildman–Crippen LogP) is 5.41. The van der Waals surface area contributed by atoms with Gasteiger partial charge in [-0.25, -0.2) is 0 Å². The number of para-hydroxylation sites is 1. The molecule has 23 heavy (non-hydrogen) atoms. The van der Waals surface area contributed by atoms with Crippen LogP contribution in [0, 0.1) is 6.92 Å². The third kappa shape index (κ3) is 2.81. The predicted molar refractivity (Wildman–Crippen MR) is 99.5 cm³/mol. The minimum absolute atomic E-state index is 0.0788. The van der Waals surface area contributed by atoms with E-state index in [1.807, 2.05) is 55.5 Å². The fourth-order valence-corrected chi connectivity index (χ4v) is 3.74. The molecule has 2 nitrogen and oxygen atoms in total. The lowest BCUT2D eigenvalue weighted by Crippen LogP contribution is -2.07. The Morgan fingerprint density at radius 1 is 1.09 bits per heavy atom. The number of ketones is 1. The van der Waals surface area contributed by atoms with Crippen LogP contribution in [-0.2, 0) is 0 Å². The molecule has 0 saturated heterocycles. The highest BCUT2D eigenvalue weighted by molar-refractivity contribution is 7.80. The van der Waals surface area contributed by atoms with Crippen LogP contribution in [0.5, 0.6) is 0 Å². The van der Waals surface area contributed by atoms with Gasteiger partial charge in [0.15, 0.2) is 5.78 Å². The van der Waals surface area contributed by atoms with Gasteiger partial charge in [0.05, 0.1) is 10.9 Å². The molecule has 0 saturated carbocycles. The number of benzene rings is 2. The molecule has 0 aliphatic heterocycles. The lowest BCUT2D eigenvalue weighted by molar-refractivity contribution is 0.103. The summed E-state index contributed by atoms with van der Waals surface area (Å²) in [6.45, 7) is 4.18. The largest absolute Gasteiger partial charge is 0.332 e. The fraction of sp³-hybridized carbons (Fsp3) is 0.250. The van der Waals surface area contributed by atoms with Crippen molar-refractivity contribution in [3.8, 4) is 0 Å². The first-order valence-corrected chi connectivity index (χ1v) is 8.54. The maximum atomic E-state index is 13.0. The number of rotatable bonds is 5. The van der Waals surface area contributed by atoms with Gasteiger partial charge in [-0.1, -0.05) is 61.9 Å². The Balaban J connectivity index is 2.22. The van der Waals surface area contributed by atoms with Crippen LogP contribution in [0.1, 0.15) is 46.8 Å². The second-order valence-corrected chi connectivity index (χ2v) is 6.41. The normalized spacial score (nSPS) is 12.5. The monoisotopic (exact) mass is 323 g/mol. The Bertz CT molecular complexity index is 835. The molecule has 0 fully saturated rings. The Hall–Kier alpha value is -2.00. The number of hydrogen-bond donors (Lipinski definition) is 1. The summed E-state index contributed by atoms with van der Waals surface area (Å²) < 4.78 is 2.19. The van der Waals surface area contributed by atoms with Crippen LogP contribution >= 0.6 is 12.6 Å². The van der Waals surface area contributed by atoms with Crippen molar-refractivity contribution in [2.75, 3.05) is 0 Å². The first kappa shape index (κ1) is 15.9. The smallest absolute Gasteiger partial charge is 0.195 e. The lowest BCUT2D eigenvalue weighted by atomic mass is 10.0. The number of fused-ring (bicyclic) bond motifs is 1. The van der Waals surface area contributed by atoms with Crippen molar-refractivity contribution in [2.24, 2.45) is 0 Å². The van der Waals surface area contributed by atoms with Gasteiger partial charge >= 0.3 is 0 Å². The summed E-state index contributed by atoms with van der Waals surface area (Å²) in [6, 6.07) is 17.6. The zero-order valence-corrected chi connectivity index (χ0v) is 14.4. The van der Waals surface area contributed by atoms with Gasteiger partial charge in [0.2, 0.25) is 0 Å². The molecule has 1 atom stereocenters. The molecule has 0 amide bonds. The third-order valence-corrected chi connectivity index (χ3v) is 4.75. The van der Waals surface area contributed by atoms with E-state index in [0.29, 0.717) is 0 Å². The number of thiol groups is 1. The summed E-state index contributed by atoms with van der Waals surface area (Å²) in [7, 11) is 0. The van der Waals surface area contributed by atoms with Crippen LogP contribution in [0.2, 0.25) is 0 Å². The maximum absolute atomic E-state index is 13.0. The summed E-state index contributed by atoms with van der Waals surface area (Å²) in [4.78, 5) is 13.0. The van der Waals surface area contributed by atoms with E-state index < -0.39 is 0 Å². The highest BCUT2D eigenvalue weighted by Crippen LogP contribution is 2.33. The molecule has 0 radical (unpaired) electrons. The van der Waals surface area contributed by atoms with E-state index in [-0.39, 0.29) is 11.2 Å². The third-order valence-electron chi connectivity index (χ3n) is 4.26. The zero-order valence-electron chi connectivity index (χ0n) is 13.5. The van der Waals surface area contributed by atoms with Crippen LogP contribution in [0.15, 0.2) is 54.6 Å². The van der Waals surface area contributed by atoms with Crippen molar-refractivity contribution in [3.05, 3.63) is 71.4 Å². The molecule has 0 aliphatic carbocycles. The average Bonchev–Trinajstić information content (AvgIpc) is 2.87. The summed E-state index contributed by atoms with van der Waals surface area (Å²) in [5, 5.41) is 1.09. The fourth-order valence-electron chi connectivity index (χ4n) is 3.18. The van der Waals surface area contributed by atoms with E-state index >= 15 is 0 Å². The average molecular weight is 323 g/mol. The first-order valence-electron chi connectivity index (χ1n) is 8.02. The number of nitrogens with zero attached hydrogens (tertiary/aromatic N) is 1. The minimum atomic E-state index is 0.0788. The molecule has 0 aliphatic rings. The zero-order chi connectivity index (χ0) is 16.4. The molecule has 3 aromatic rings. The van der Waals surface area contributed by atoms with Gasteiger partial charge in [-0.3, -0.25) is 4.79 Å². The van der Waals surface area contributed by atoms with Crippen LogP contribution < -0.4 is 0 Å². The van der Waals surface area contributed by atoms with Crippen molar-refractivity contribution in [2.45, 2.75) is 32.1 Å². The second kappa shape index (κ2) is 6.63. The van der Waals surface area contributed by atoms with Gasteiger partial charge in [-0.2, -0.15) is 12.6 Å². The molecule has 1 heterocycles. The minimum Gasteiger partial charge on any atom is -0.332 e. The van der Waals surface area contributed by atoms with E-state index in [1.165, 1.54) is 0 Å². The number of hydrogen-bond acceptors (Lipinski definition) is 2. The van der Waals surface area contributed by atoms with Crippen LogP contribution in [0.3, 0.4) is 0 Å². The van der Waals surface area contributed by atoms with E-state index in [9.17, 15) is 4.79 Å². The Morgan fingerprint density at radius 3 is 2.43 bits per heavy atom. The molecular formula is C20H21NOS. The van der Waals surface area contributed by atoms with Crippen molar-refractivity contribution in [3.63, 3.8) is 0 Å². The summed E-state index contributed by atoms with van der Waals surface area (Å²) in [6.07, 6.45) is 2.03. The summed E-state index contributed by atoms with van der Waals surface area (Å²) in [5.41, 5.74) is 3.60. The molecule has 1 aromatic heterocycles. The van der Waals surface area contributed by atoms with Crippen molar-refractivity contribution in [1.82, 2.24) is 4.57 Å². The molecule has 3 heteroatoms. The van der Waals surface area contributed by atoms with Crippen molar-refractivity contribution in [1.29, 1.82) is 0 Å². The quantitative estimate of drug-likeness (QED) is 0.492. The van der Waals surface area contributed by atoms with Crippen LogP contribution in [-0.4, -0.2) is 10.4 Å². The molecule has 3 rings (SSSR count). The number of aromatic nitrogens is 1. The molecular weight excluding hydrogens is 302 g/mol. The van der Waals surface area contributed by atoms with Gasteiger partial charge in [-0.05, 0) is 19.4 Å². The van der Waals surface area contributed by atoms with Gasteiger partial charge in [0, 0.05) is 22.2 Å². The number of carbonyl (C=O) groups excluding carboxylic acids is 1. The van der Waals surface area contributed by atoms with E-state index in [4.69, 9.17) is 12.6 Å². The molecule has 1 unspecified atom stereocenters. The van der Waals surface area contributed by atoms with E-state index in [1.54, 1.807) is 0 Å². The SMILES string of the molecule is CCCC(S)n1c(C)c(C(=O)c2ccccc2)c2ccccc21. The molecule has 118 valence electrons. The molecule has 0 bridgehead atoms. The van der Waals surface area contributed by atoms with Crippen LogP contribution in [0.4, 0.5) is 0 Å². The Morgan fingerprint density at radius 2 is 1.74 bits per heavy atom. The highest BCUT2D eigenvalue weighted by atomic mass is 32.1. The lowest BCUT2D eigenvalue weighted by Gasteiger charge is -2.16. The van der Waals surface area contributed by atoms with E-state index in [2.05, 4.69) is 17.6 Å². The van der Waals surface area contributed by atoms with Crippen LogP contribution in [0.25, 0.3) is 10.9 Å². The highest BCUT2D eigenvalue weighted by Gasteiger charge is 2.22. The Kier molecular flexibility index (Phi) is 4.58. The summed E-state index contributed by atoms with van der Waals surface area (Å²) in [5.74, 6) is 0.0788. The standard InChI is InChI=1S/C20H21NOS/c1-3-9-18(23)21-14(2)19(16-12-7-8-13-17(16)21)20(22)15-10-5-4-6-11-15/h4-8,10-13,18,23H,3,9H2,1-2H3. The van der Waals surface area contributed by atoms with Gasteiger partial charge in [0.25, 0.3) is 0 Å². The Labute approximate surface area is 142 Å². The molecule has 0 spiro atoms. The summed E-state index contributed by atoms with van der Waals surface area (Å²) >= 11 is 4.77. The topological polar surface area (TPSA) is 22.0 Å².